The molecule has 2 aliphatic carbocycles. The summed E-state index contributed by atoms with van der Waals surface area (Å²) in [4.78, 5) is 0. The highest BCUT2D eigenvalue weighted by atomic mass is 16.6. The molecule has 4 aliphatic rings. The summed E-state index contributed by atoms with van der Waals surface area (Å²) in [5, 5.41) is 8.96. The Morgan fingerprint density at radius 2 is 1.53 bits per heavy atom. The van der Waals surface area contributed by atoms with E-state index in [9.17, 15) is 0 Å². The number of phenols is 1. The Labute approximate surface area is 183 Å². The molecule has 2 saturated carbocycles. The Hall–Kier alpha value is -1.26. The lowest BCUT2D eigenvalue weighted by Crippen LogP contribution is -2.21. The first-order valence-corrected chi connectivity index (χ1v) is 12.1. The summed E-state index contributed by atoms with van der Waals surface area (Å²) >= 11 is 0. The van der Waals surface area contributed by atoms with Crippen molar-refractivity contribution in [2.45, 2.75) is 97.6 Å². The van der Waals surface area contributed by atoms with Gasteiger partial charge in [-0.15, -0.1) is 0 Å². The molecule has 0 bridgehead atoms. The lowest BCUT2D eigenvalue weighted by atomic mass is 9.79. The molecule has 0 aromatic heterocycles. The van der Waals surface area contributed by atoms with Gasteiger partial charge in [0.05, 0.1) is 31.0 Å². The maximum absolute atomic E-state index is 8.96. The summed E-state index contributed by atoms with van der Waals surface area (Å²) in [6.45, 7) is 11.9. The van der Waals surface area contributed by atoms with Gasteiger partial charge in [-0.25, -0.2) is 0 Å². The molecular weight excluding hydrogens is 376 g/mol. The minimum absolute atomic E-state index is 0.242. The van der Waals surface area contributed by atoms with Crippen LogP contribution in [0, 0.1) is 23.7 Å². The van der Waals surface area contributed by atoms with Crippen LogP contribution in [0.1, 0.15) is 73.1 Å². The van der Waals surface area contributed by atoms with Crippen LogP contribution in [0.3, 0.4) is 0 Å². The molecule has 2 saturated heterocycles. The molecule has 0 radical (unpaired) electrons. The monoisotopic (exact) mass is 418 g/mol. The fourth-order valence-corrected chi connectivity index (χ4v) is 4.94. The summed E-state index contributed by atoms with van der Waals surface area (Å²) in [6.07, 6.45) is 10.6. The Morgan fingerprint density at radius 1 is 0.867 bits per heavy atom. The molecule has 1 aromatic rings. The van der Waals surface area contributed by atoms with E-state index in [1.165, 1.54) is 38.5 Å². The lowest BCUT2D eigenvalue weighted by Gasteiger charge is -2.24. The third-order valence-electron chi connectivity index (χ3n) is 7.45. The van der Waals surface area contributed by atoms with E-state index in [0.29, 0.717) is 36.8 Å². The minimum atomic E-state index is 0.242. The second-order valence-corrected chi connectivity index (χ2v) is 9.74. The van der Waals surface area contributed by atoms with Crippen LogP contribution >= 0.6 is 0 Å². The molecule has 30 heavy (non-hydrogen) atoms. The van der Waals surface area contributed by atoms with Crippen molar-refractivity contribution >= 4 is 0 Å². The van der Waals surface area contributed by atoms with E-state index >= 15 is 0 Å². The predicted molar refractivity (Wildman–Crippen MR) is 121 cm³/mol. The minimum Gasteiger partial charge on any atom is -0.508 e. The SMILES string of the molecule is CC1CCC2OC2CC1C.CCC1CC2OC2CC1C.CCOc1cccc(O)c1. The zero-order valence-corrected chi connectivity index (χ0v) is 19.5. The molecule has 4 heteroatoms. The molecule has 4 nitrogen and oxygen atoms in total. The maximum atomic E-state index is 8.96. The van der Waals surface area contributed by atoms with Gasteiger partial charge in [0.2, 0.25) is 0 Å². The third kappa shape index (κ3) is 6.88. The largest absolute Gasteiger partial charge is 0.508 e. The summed E-state index contributed by atoms with van der Waals surface area (Å²) in [7, 11) is 0. The quantitative estimate of drug-likeness (QED) is 0.593. The summed E-state index contributed by atoms with van der Waals surface area (Å²) in [6, 6.07) is 6.76. The van der Waals surface area contributed by atoms with Crippen LogP contribution in [0.4, 0.5) is 0 Å². The van der Waals surface area contributed by atoms with Crippen LogP contribution in [0.15, 0.2) is 24.3 Å². The number of hydrogen-bond acceptors (Lipinski definition) is 4. The van der Waals surface area contributed by atoms with Crippen LogP contribution in [-0.2, 0) is 9.47 Å². The number of aromatic hydroxyl groups is 1. The highest BCUT2D eigenvalue weighted by molar-refractivity contribution is 5.31. The van der Waals surface area contributed by atoms with E-state index in [2.05, 4.69) is 27.7 Å². The number of phenolic OH excluding ortho intramolecular Hbond substituents is 1. The Morgan fingerprint density at radius 3 is 2.23 bits per heavy atom. The Balaban J connectivity index is 0.000000128. The lowest BCUT2D eigenvalue weighted by molar-refractivity contribution is 0.261. The van der Waals surface area contributed by atoms with E-state index in [0.717, 1.165) is 23.7 Å². The number of hydrogen-bond donors (Lipinski definition) is 1. The van der Waals surface area contributed by atoms with E-state index in [4.69, 9.17) is 19.3 Å². The molecule has 8 unspecified atom stereocenters. The van der Waals surface area contributed by atoms with Gasteiger partial charge in [-0.2, -0.15) is 0 Å². The van der Waals surface area contributed by atoms with Crippen molar-refractivity contribution in [3.05, 3.63) is 24.3 Å². The number of fused-ring (bicyclic) bond motifs is 2. The van der Waals surface area contributed by atoms with Crippen molar-refractivity contribution in [1.29, 1.82) is 0 Å². The standard InChI is InChI=1S/2C9H16O.C8H10O2/c1-6-3-4-8-9(10-8)5-7(6)2;1-3-7-5-9-8(10-9)4-6(7)2;1-2-10-8-5-3-4-7(9)6-8/h2*6-9H,3-5H2,1-2H3;3-6,9H,2H2,1H3. The first-order valence-electron chi connectivity index (χ1n) is 12.1. The van der Waals surface area contributed by atoms with Crippen molar-refractivity contribution in [2.75, 3.05) is 6.61 Å². The van der Waals surface area contributed by atoms with E-state index in [-0.39, 0.29) is 5.75 Å². The average molecular weight is 419 g/mol. The normalized spacial score (nSPS) is 38.3. The predicted octanol–water partition coefficient (Wildman–Crippen LogP) is 6.21. The highest BCUT2D eigenvalue weighted by Gasteiger charge is 2.46. The van der Waals surface area contributed by atoms with Gasteiger partial charge >= 0.3 is 0 Å². The smallest absolute Gasteiger partial charge is 0.122 e. The van der Waals surface area contributed by atoms with Crippen LogP contribution in [-0.4, -0.2) is 36.1 Å². The Kier molecular flexibility index (Phi) is 8.47. The van der Waals surface area contributed by atoms with Gasteiger partial charge < -0.3 is 19.3 Å². The van der Waals surface area contributed by atoms with Crippen LogP contribution < -0.4 is 4.74 Å². The summed E-state index contributed by atoms with van der Waals surface area (Å²) in [5.74, 6) is 4.62. The average Bonchev–Trinajstić information content (AvgIpc) is 3.62. The van der Waals surface area contributed by atoms with Crippen molar-refractivity contribution in [2.24, 2.45) is 23.7 Å². The maximum Gasteiger partial charge on any atom is 0.122 e. The second-order valence-electron chi connectivity index (χ2n) is 9.74. The molecule has 1 N–H and O–H groups in total. The molecule has 2 aliphatic heterocycles. The van der Waals surface area contributed by atoms with E-state index in [1.807, 2.05) is 13.0 Å². The highest BCUT2D eigenvalue weighted by Crippen LogP contribution is 2.43. The zero-order valence-electron chi connectivity index (χ0n) is 19.5. The first kappa shape index (κ1) is 23.4. The van der Waals surface area contributed by atoms with E-state index < -0.39 is 0 Å². The van der Waals surface area contributed by atoms with Gasteiger partial charge in [0.1, 0.15) is 11.5 Å². The summed E-state index contributed by atoms with van der Waals surface area (Å²) in [5.41, 5.74) is 0. The van der Waals surface area contributed by atoms with Crippen LogP contribution in [0.2, 0.25) is 0 Å². The number of benzene rings is 1. The van der Waals surface area contributed by atoms with Crippen molar-refractivity contribution < 1.29 is 19.3 Å². The zero-order chi connectivity index (χ0) is 21.7. The van der Waals surface area contributed by atoms with Gasteiger partial charge in [0, 0.05) is 6.07 Å². The third-order valence-corrected chi connectivity index (χ3v) is 7.45. The molecule has 2 heterocycles. The fraction of sp³-hybridized carbons (Fsp3) is 0.769. The topological polar surface area (TPSA) is 54.5 Å². The Bertz CT molecular complexity index is 648. The molecule has 1 aromatic carbocycles. The van der Waals surface area contributed by atoms with Gasteiger partial charge in [-0.3, -0.25) is 0 Å². The van der Waals surface area contributed by atoms with Crippen molar-refractivity contribution in [3.8, 4) is 11.5 Å². The molecular formula is C26H42O4. The molecule has 5 rings (SSSR count). The van der Waals surface area contributed by atoms with Gasteiger partial charge in [-0.05, 0) is 74.8 Å². The number of epoxide rings is 2. The molecule has 0 amide bonds. The van der Waals surface area contributed by atoms with Crippen LogP contribution in [0.25, 0.3) is 0 Å². The molecule has 8 atom stereocenters. The number of rotatable bonds is 3. The van der Waals surface area contributed by atoms with Gasteiger partial charge in [0.15, 0.2) is 0 Å². The van der Waals surface area contributed by atoms with Gasteiger partial charge in [-0.1, -0.05) is 40.2 Å². The molecule has 170 valence electrons. The van der Waals surface area contributed by atoms with Crippen molar-refractivity contribution in [3.63, 3.8) is 0 Å². The van der Waals surface area contributed by atoms with Gasteiger partial charge in [0.25, 0.3) is 0 Å². The summed E-state index contributed by atoms with van der Waals surface area (Å²) < 4.78 is 16.1. The fourth-order valence-electron chi connectivity index (χ4n) is 4.94. The molecule has 4 fully saturated rings. The van der Waals surface area contributed by atoms with E-state index in [1.54, 1.807) is 18.2 Å². The van der Waals surface area contributed by atoms with Crippen LogP contribution in [0.5, 0.6) is 11.5 Å². The second kappa shape index (κ2) is 10.9. The molecule has 0 spiro atoms. The van der Waals surface area contributed by atoms with Crippen molar-refractivity contribution in [1.82, 2.24) is 0 Å². The first-order chi connectivity index (χ1) is 14.4. The number of ether oxygens (including phenoxy) is 3.